The van der Waals surface area contributed by atoms with E-state index in [-0.39, 0.29) is 24.1 Å². The van der Waals surface area contributed by atoms with E-state index in [1.54, 1.807) is 7.05 Å². The Morgan fingerprint density at radius 2 is 2.00 bits per heavy atom. The number of carbonyl (C=O) groups excluding carboxylic acids is 1. The minimum Gasteiger partial charge on any atom is -0.348 e. The van der Waals surface area contributed by atoms with Crippen LogP contribution in [0, 0.1) is 0 Å². The number of aryl methyl sites for hydroxylation is 2. The highest BCUT2D eigenvalue weighted by molar-refractivity contribution is 5.77. The van der Waals surface area contributed by atoms with Crippen LogP contribution in [-0.4, -0.2) is 25.2 Å². The quantitative estimate of drug-likeness (QED) is 0.765. The molecule has 1 atom stereocenters. The maximum Gasteiger partial charge on any atom is 0.264 e. The van der Waals surface area contributed by atoms with Crippen LogP contribution in [0.3, 0.4) is 0 Å². The number of carbonyl (C=O) groups is 1. The summed E-state index contributed by atoms with van der Waals surface area (Å²) in [6, 6.07) is 8.01. The maximum absolute atomic E-state index is 12.4. The predicted molar refractivity (Wildman–Crippen MR) is 95.1 cm³/mol. The van der Waals surface area contributed by atoms with E-state index >= 15 is 0 Å². The fourth-order valence-electron chi connectivity index (χ4n) is 2.75. The summed E-state index contributed by atoms with van der Waals surface area (Å²) in [7, 11) is 1.72. The molecule has 0 saturated carbocycles. The molecule has 0 aliphatic rings. The number of nitrogens with zero attached hydrogens (tertiary/aromatic N) is 4. The van der Waals surface area contributed by atoms with E-state index in [1.165, 1.54) is 27.3 Å². The van der Waals surface area contributed by atoms with Crippen LogP contribution in [-0.2, 0) is 24.8 Å². The van der Waals surface area contributed by atoms with Crippen molar-refractivity contribution in [3.8, 4) is 0 Å². The average molecular weight is 339 g/mol. The highest BCUT2D eigenvalue weighted by Crippen LogP contribution is 2.13. The topological polar surface area (TPSA) is 81.8 Å². The number of amides is 1. The van der Waals surface area contributed by atoms with Gasteiger partial charge in [0, 0.05) is 7.05 Å². The van der Waals surface area contributed by atoms with Crippen LogP contribution >= 0.6 is 0 Å². The SMILES string of the molecule is CCc1ccc([C@@H](C)NC(=O)Cn2cnc3c(cnn3C)c2=O)cc1. The summed E-state index contributed by atoms with van der Waals surface area (Å²) in [5.41, 5.74) is 2.52. The number of fused-ring (bicyclic) bond motifs is 1. The van der Waals surface area contributed by atoms with Gasteiger partial charge in [-0.3, -0.25) is 18.8 Å². The van der Waals surface area contributed by atoms with Crippen molar-refractivity contribution < 1.29 is 4.79 Å². The van der Waals surface area contributed by atoms with E-state index in [2.05, 4.69) is 34.5 Å². The molecule has 1 aromatic carbocycles. The highest BCUT2D eigenvalue weighted by Gasteiger charge is 2.13. The predicted octanol–water partition coefficient (Wildman–Crippen LogP) is 1.57. The number of benzene rings is 1. The van der Waals surface area contributed by atoms with Gasteiger partial charge in [-0.1, -0.05) is 31.2 Å². The molecule has 0 spiro atoms. The minimum atomic E-state index is -0.270. The molecule has 25 heavy (non-hydrogen) atoms. The summed E-state index contributed by atoms with van der Waals surface area (Å²) >= 11 is 0. The molecular formula is C18H21N5O2. The number of aromatic nitrogens is 4. The lowest BCUT2D eigenvalue weighted by atomic mass is 10.1. The fraction of sp³-hybridized carbons (Fsp3) is 0.333. The van der Waals surface area contributed by atoms with Crippen LogP contribution in [0.15, 0.2) is 41.6 Å². The Kier molecular flexibility index (Phi) is 4.65. The zero-order chi connectivity index (χ0) is 18.0. The molecule has 1 N–H and O–H groups in total. The second-order valence-electron chi connectivity index (χ2n) is 6.07. The van der Waals surface area contributed by atoms with E-state index in [1.807, 2.05) is 19.1 Å². The zero-order valence-electron chi connectivity index (χ0n) is 14.6. The lowest BCUT2D eigenvalue weighted by molar-refractivity contribution is -0.122. The van der Waals surface area contributed by atoms with E-state index in [0.717, 1.165) is 12.0 Å². The van der Waals surface area contributed by atoms with Gasteiger partial charge in [0.1, 0.15) is 18.3 Å². The van der Waals surface area contributed by atoms with Crippen molar-refractivity contribution in [3.05, 3.63) is 58.3 Å². The zero-order valence-corrected chi connectivity index (χ0v) is 14.6. The molecule has 0 radical (unpaired) electrons. The summed E-state index contributed by atoms with van der Waals surface area (Å²) in [6.45, 7) is 3.95. The maximum atomic E-state index is 12.4. The van der Waals surface area contributed by atoms with Crippen molar-refractivity contribution in [3.63, 3.8) is 0 Å². The third-order valence-corrected chi connectivity index (χ3v) is 4.30. The minimum absolute atomic E-state index is 0.0753. The third-order valence-electron chi connectivity index (χ3n) is 4.30. The third kappa shape index (κ3) is 3.45. The molecule has 1 amide bonds. The highest BCUT2D eigenvalue weighted by atomic mass is 16.2. The molecule has 3 rings (SSSR count). The fourth-order valence-corrected chi connectivity index (χ4v) is 2.75. The van der Waals surface area contributed by atoms with Gasteiger partial charge in [0.05, 0.1) is 12.2 Å². The van der Waals surface area contributed by atoms with E-state index < -0.39 is 0 Å². The summed E-state index contributed by atoms with van der Waals surface area (Å²) in [5, 5.41) is 7.34. The normalized spacial score (nSPS) is 12.3. The molecule has 0 fully saturated rings. The van der Waals surface area contributed by atoms with Crippen LogP contribution in [0.4, 0.5) is 0 Å². The van der Waals surface area contributed by atoms with Gasteiger partial charge in [-0.15, -0.1) is 0 Å². The first-order chi connectivity index (χ1) is 12.0. The van der Waals surface area contributed by atoms with Crippen LogP contribution < -0.4 is 10.9 Å². The molecule has 130 valence electrons. The first kappa shape index (κ1) is 16.9. The molecule has 7 heteroatoms. The Morgan fingerprint density at radius 3 is 2.68 bits per heavy atom. The molecular weight excluding hydrogens is 318 g/mol. The summed E-state index contributed by atoms with van der Waals surface area (Å²) < 4.78 is 2.83. The lowest BCUT2D eigenvalue weighted by Crippen LogP contribution is -2.33. The summed E-state index contributed by atoms with van der Waals surface area (Å²) in [4.78, 5) is 28.9. The second kappa shape index (κ2) is 6.88. The second-order valence-corrected chi connectivity index (χ2v) is 6.07. The number of rotatable bonds is 5. The number of hydrogen-bond donors (Lipinski definition) is 1. The van der Waals surface area contributed by atoms with Crippen molar-refractivity contribution in [1.29, 1.82) is 0 Å². The van der Waals surface area contributed by atoms with Gasteiger partial charge in [-0.2, -0.15) is 5.10 Å². The van der Waals surface area contributed by atoms with Crippen LogP contribution in [0.5, 0.6) is 0 Å². The van der Waals surface area contributed by atoms with Gasteiger partial charge in [0.2, 0.25) is 5.91 Å². The molecule has 0 bridgehead atoms. The van der Waals surface area contributed by atoms with Crippen molar-refractivity contribution >= 4 is 16.9 Å². The van der Waals surface area contributed by atoms with Gasteiger partial charge < -0.3 is 5.32 Å². The largest absolute Gasteiger partial charge is 0.348 e. The van der Waals surface area contributed by atoms with Gasteiger partial charge in [0.25, 0.3) is 5.56 Å². The van der Waals surface area contributed by atoms with Crippen LogP contribution in [0.2, 0.25) is 0 Å². The Hall–Kier alpha value is -2.96. The Labute approximate surface area is 145 Å². The van der Waals surface area contributed by atoms with Gasteiger partial charge in [-0.25, -0.2) is 4.98 Å². The lowest BCUT2D eigenvalue weighted by Gasteiger charge is -2.15. The van der Waals surface area contributed by atoms with E-state index in [0.29, 0.717) is 11.0 Å². The molecule has 0 aliphatic heterocycles. The van der Waals surface area contributed by atoms with Crippen molar-refractivity contribution in [1.82, 2.24) is 24.6 Å². The Morgan fingerprint density at radius 1 is 1.28 bits per heavy atom. The summed E-state index contributed by atoms with van der Waals surface area (Å²) in [5.74, 6) is -0.237. The molecule has 2 heterocycles. The van der Waals surface area contributed by atoms with Crippen molar-refractivity contribution in [2.45, 2.75) is 32.9 Å². The van der Waals surface area contributed by atoms with Gasteiger partial charge in [0.15, 0.2) is 5.65 Å². The van der Waals surface area contributed by atoms with Crippen molar-refractivity contribution in [2.75, 3.05) is 0 Å². The van der Waals surface area contributed by atoms with Crippen LogP contribution in [0.25, 0.3) is 11.0 Å². The molecule has 0 unspecified atom stereocenters. The molecule has 0 saturated heterocycles. The first-order valence-electron chi connectivity index (χ1n) is 8.25. The Bertz CT molecular complexity index is 956. The monoisotopic (exact) mass is 339 g/mol. The van der Waals surface area contributed by atoms with Crippen LogP contribution in [0.1, 0.15) is 31.0 Å². The molecule has 7 nitrogen and oxygen atoms in total. The number of hydrogen-bond acceptors (Lipinski definition) is 4. The van der Waals surface area contributed by atoms with Gasteiger partial charge in [-0.05, 0) is 24.5 Å². The standard InChI is InChI=1S/C18H21N5O2/c1-4-13-5-7-14(8-6-13)12(2)21-16(24)10-23-11-19-17-15(18(23)25)9-20-22(17)3/h5-9,11-12H,4,10H2,1-3H3,(H,21,24)/t12-/m1/s1. The molecule has 3 aromatic rings. The van der Waals surface area contributed by atoms with Crippen molar-refractivity contribution in [2.24, 2.45) is 7.05 Å². The smallest absolute Gasteiger partial charge is 0.264 e. The van der Waals surface area contributed by atoms with Gasteiger partial charge >= 0.3 is 0 Å². The average Bonchev–Trinajstić information content (AvgIpc) is 2.99. The summed E-state index contributed by atoms with van der Waals surface area (Å²) in [6.07, 6.45) is 3.83. The first-order valence-corrected chi connectivity index (χ1v) is 8.25. The van der Waals surface area contributed by atoms with E-state index in [9.17, 15) is 9.59 Å². The van der Waals surface area contributed by atoms with E-state index in [4.69, 9.17) is 0 Å². The number of nitrogens with one attached hydrogen (secondary N) is 1. The molecule has 0 aliphatic carbocycles. The Balaban J connectivity index is 1.71. The molecule has 2 aromatic heterocycles.